The summed E-state index contributed by atoms with van der Waals surface area (Å²) >= 11 is 1.33. The minimum atomic E-state index is -0.888. The number of amides is 2. The summed E-state index contributed by atoms with van der Waals surface area (Å²) in [5, 5.41) is 6.14. The van der Waals surface area contributed by atoms with Gasteiger partial charge in [0.1, 0.15) is 5.00 Å². The van der Waals surface area contributed by atoms with Crippen molar-refractivity contribution in [1.29, 1.82) is 0 Å². The summed E-state index contributed by atoms with van der Waals surface area (Å²) in [4.78, 5) is 37.3. The maximum atomic E-state index is 12.6. The molecule has 1 saturated carbocycles. The van der Waals surface area contributed by atoms with Crippen molar-refractivity contribution in [2.45, 2.75) is 72.4 Å². The van der Waals surface area contributed by atoms with E-state index in [4.69, 9.17) is 4.74 Å². The first-order chi connectivity index (χ1) is 12.2. The molecule has 1 aromatic heterocycles. The number of esters is 1. The molecule has 7 heteroatoms. The van der Waals surface area contributed by atoms with E-state index < -0.39 is 12.1 Å². The summed E-state index contributed by atoms with van der Waals surface area (Å²) in [6.07, 6.45) is 3.48. The molecular weight excluding hydrogens is 352 g/mol. The molecule has 0 saturated heterocycles. The summed E-state index contributed by atoms with van der Waals surface area (Å²) < 4.78 is 5.40. The highest BCUT2D eigenvalue weighted by Crippen LogP contribution is 2.33. The van der Waals surface area contributed by atoms with Gasteiger partial charge < -0.3 is 15.4 Å². The number of hydrogen-bond donors (Lipinski definition) is 2. The molecule has 0 aliphatic heterocycles. The van der Waals surface area contributed by atoms with E-state index in [9.17, 15) is 14.4 Å². The van der Waals surface area contributed by atoms with Crippen molar-refractivity contribution in [3.05, 3.63) is 16.0 Å². The van der Waals surface area contributed by atoms with Crippen LogP contribution in [0.15, 0.2) is 0 Å². The second kappa shape index (κ2) is 8.66. The number of carbonyl (C=O) groups excluding carboxylic acids is 3. The van der Waals surface area contributed by atoms with Crippen molar-refractivity contribution in [1.82, 2.24) is 5.32 Å². The van der Waals surface area contributed by atoms with Crippen LogP contribution in [0, 0.1) is 19.8 Å². The van der Waals surface area contributed by atoms with E-state index in [0.29, 0.717) is 16.5 Å². The van der Waals surface area contributed by atoms with E-state index in [0.717, 1.165) is 29.7 Å². The first-order valence-corrected chi connectivity index (χ1v) is 9.91. The van der Waals surface area contributed by atoms with Gasteiger partial charge in [0.15, 0.2) is 6.10 Å². The first kappa shape index (κ1) is 20.4. The number of anilines is 1. The van der Waals surface area contributed by atoms with Gasteiger partial charge in [0.25, 0.3) is 5.91 Å². The van der Waals surface area contributed by atoms with Crippen LogP contribution in [0.1, 0.15) is 67.3 Å². The lowest BCUT2D eigenvalue weighted by molar-refractivity contribution is -0.130. The zero-order valence-corrected chi connectivity index (χ0v) is 16.9. The fourth-order valence-corrected chi connectivity index (χ4v) is 4.32. The highest BCUT2D eigenvalue weighted by Gasteiger charge is 2.28. The Balaban J connectivity index is 2.04. The smallest absolute Gasteiger partial charge is 0.342 e. The van der Waals surface area contributed by atoms with Gasteiger partial charge in [-0.25, -0.2) is 4.79 Å². The van der Waals surface area contributed by atoms with Crippen molar-refractivity contribution in [2.75, 3.05) is 5.32 Å². The second-order valence-corrected chi connectivity index (χ2v) is 8.32. The van der Waals surface area contributed by atoms with Gasteiger partial charge in [0, 0.05) is 17.8 Å². The fourth-order valence-electron chi connectivity index (χ4n) is 3.22. The molecule has 0 aromatic carbocycles. The number of ether oxygens (including phenoxy) is 1. The Morgan fingerprint density at radius 2 is 1.85 bits per heavy atom. The molecule has 26 heavy (non-hydrogen) atoms. The van der Waals surface area contributed by atoms with E-state index in [-0.39, 0.29) is 17.9 Å². The fraction of sp³-hybridized carbons (Fsp3) is 0.632. The molecule has 0 unspecified atom stereocenters. The first-order valence-electron chi connectivity index (χ1n) is 9.09. The second-order valence-electron chi connectivity index (χ2n) is 7.09. The van der Waals surface area contributed by atoms with Gasteiger partial charge in [0.2, 0.25) is 5.91 Å². The predicted octanol–water partition coefficient (Wildman–Crippen LogP) is 3.56. The molecule has 1 heterocycles. The Morgan fingerprint density at radius 1 is 1.19 bits per heavy atom. The highest BCUT2D eigenvalue weighted by atomic mass is 32.1. The van der Waals surface area contributed by atoms with Crippen LogP contribution in [-0.4, -0.2) is 29.9 Å². The van der Waals surface area contributed by atoms with Crippen LogP contribution in [0.25, 0.3) is 0 Å². The van der Waals surface area contributed by atoms with Gasteiger partial charge in [-0.3, -0.25) is 9.59 Å². The van der Waals surface area contributed by atoms with Crippen molar-refractivity contribution >= 4 is 34.1 Å². The van der Waals surface area contributed by atoms with Crippen LogP contribution < -0.4 is 10.6 Å². The van der Waals surface area contributed by atoms with Crippen molar-refractivity contribution in [3.63, 3.8) is 0 Å². The Morgan fingerprint density at radius 3 is 2.46 bits per heavy atom. The molecule has 0 bridgehead atoms. The summed E-state index contributed by atoms with van der Waals surface area (Å²) in [7, 11) is 0. The summed E-state index contributed by atoms with van der Waals surface area (Å²) in [5.74, 6) is -0.682. The number of rotatable bonds is 5. The Hall–Kier alpha value is -1.89. The van der Waals surface area contributed by atoms with Crippen LogP contribution >= 0.6 is 11.3 Å². The van der Waals surface area contributed by atoms with E-state index in [1.165, 1.54) is 24.7 Å². The van der Waals surface area contributed by atoms with Crippen molar-refractivity contribution < 1.29 is 19.1 Å². The summed E-state index contributed by atoms with van der Waals surface area (Å²) in [5.41, 5.74) is 1.09. The van der Waals surface area contributed by atoms with E-state index in [1.54, 1.807) is 6.92 Å². The SMILES string of the molecule is CC(=O)Nc1sc(C)c(C)c1C(=O)O[C@H](C)C(=O)N[C@@H]1CCCC[C@@H]1C. The molecule has 1 aromatic rings. The maximum Gasteiger partial charge on any atom is 0.342 e. The standard InChI is InChI=1S/C19H28N2O4S/c1-10-8-6-7-9-15(10)21-17(23)12(3)25-19(24)16-11(2)13(4)26-18(16)20-14(5)22/h10,12,15H,6-9H2,1-5H3,(H,20,22)(H,21,23)/t10-,12+,15+/m0/s1. The van der Waals surface area contributed by atoms with Crippen molar-refractivity contribution in [2.24, 2.45) is 5.92 Å². The number of thiophene rings is 1. The van der Waals surface area contributed by atoms with Gasteiger partial charge >= 0.3 is 5.97 Å². The topological polar surface area (TPSA) is 84.5 Å². The largest absolute Gasteiger partial charge is 0.449 e. The predicted molar refractivity (Wildman–Crippen MR) is 103 cm³/mol. The summed E-state index contributed by atoms with van der Waals surface area (Å²) in [6.45, 7) is 8.79. The molecule has 3 atom stereocenters. The number of aryl methyl sites for hydroxylation is 1. The van der Waals surface area contributed by atoms with Crippen LogP contribution in [0.2, 0.25) is 0 Å². The molecule has 1 fully saturated rings. The quantitative estimate of drug-likeness (QED) is 0.765. The van der Waals surface area contributed by atoms with E-state index >= 15 is 0 Å². The number of hydrogen-bond acceptors (Lipinski definition) is 5. The van der Waals surface area contributed by atoms with Gasteiger partial charge in [-0.15, -0.1) is 11.3 Å². The molecule has 2 rings (SSSR count). The van der Waals surface area contributed by atoms with Crippen LogP contribution in [-0.2, 0) is 14.3 Å². The zero-order chi connectivity index (χ0) is 19.4. The third kappa shape index (κ3) is 4.84. The monoisotopic (exact) mass is 380 g/mol. The van der Waals surface area contributed by atoms with Gasteiger partial charge in [0.05, 0.1) is 5.56 Å². The zero-order valence-electron chi connectivity index (χ0n) is 16.1. The molecule has 0 radical (unpaired) electrons. The Kier molecular flexibility index (Phi) is 6.81. The van der Waals surface area contributed by atoms with Crippen LogP contribution in [0.5, 0.6) is 0 Å². The molecule has 2 N–H and O–H groups in total. The molecule has 6 nitrogen and oxygen atoms in total. The summed E-state index contributed by atoms with van der Waals surface area (Å²) in [6, 6.07) is 0.137. The molecule has 0 spiro atoms. The van der Waals surface area contributed by atoms with Gasteiger partial charge in [-0.2, -0.15) is 0 Å². The Labute approximate surface area is 158 Å². The number of nitrogens with one attached hydrogen (secondary N) is 2. The lowest BCUT2D eigenvalue weighted by Gasteiger charge is -2.30. The molecule has 1 aliphatic carbocycles. The van der Waals surface area contributed by atoms with Crippen LogP contribution in [0.4, 0.5) is 5.00 Å². The minimum absolute atomic E-state index is 0.137. The third-order valence-electron chi connectivity index (χ3n) is 4.97. The minimum Gasteiger partial charge on any atom is -0.449 e. The van der Waals surface area contributed by atoms with Crippen LogP contribution in [0.3, 0.4) is 0 Å². The maximum absolute atomic E-state index is 12.6. The van der Waals surface area contributed by atoms with Gasteiger partial charge in [-0.05, 0) is 45.1 Å². The molecule has 2 amide bonds. The van der Waals surface area contributed by atoms with E-state index in [2.05, 4.69) is 17.6 Å². The van der Waals surface area contributed by atoms with Gasteiger partial charge in [-0.1, -0.05) is 19.8 Å². The lowest BCUT2D eigenvalue weighted by Crippen LogP contribution is -2.46. The Bertz CT molecular complexity index is 698. The normalized spacial score (nSPS) is 21.0. The molecule has 144 valence electrons. The molecular formula is C19H28N2O4S. The lowest BCUT2D eigenvalue weighted by atomic mass is 9.86. The average molecular weight is 381 g/mol. The highest BCUT2D eigenvalue weighted by molar-refractivity contribution is 7.16. The third-order valence-corrected chi connectivity index (χ3v) is 6.09. The average Bonchev–Trinajstić information content (AvgIpc) is 2.82. The molecule has 1 aliphatic rings. The van der Waals surface area contributed by atoms with E-state index in [1.807, 2.05) is 13.8 Å². The number of carbonyl (C=O) groups is 3. The van der Waals surface area contributed by atoms with Crippen molar-refractivity contribution in [3.8, 4) is 0 Å².